The van der Waals surface area contributed by atoms with Crippen LogP contribution in [-0.2, 0) is 0 Å². The van der Waals surface area contributed by atoms with Gasteiger partial charge in [-0.15, -0.1) is 24.4 Å². The van der Waals surface area contributed by atoms with Crippen molar-refractivity contribution in [3.05, 3.63) is 0 Å². The van der Waals surface area contributed by atoms with E-state index in [-0.39, 0.29) is 5.48 Å². The predicted octanol–water partition coefficient (Wildman–Crippen LogP) is 2.05. The fraction of sp³-hybridized carbons (Fsp3) is 1.00. The second-order valence-corrected chi connectivity index (χ2v) is 5.30. The van der Waals surface area contributed by atoms with Gasteiger partial charge in [-0.2, -0.15) is 0 Å². The maximum Gasteiger partial charge on any atom is 0.0979 e. The van der Waals surface area contributed by atoms with Crippen LogP contribution in [0.3, 0.4) is 0 Å². The third-order valence-electron chi connectivity index (χ3n) is 2.36. The molecule has 1 aliphatic carbocycles. The zero-order chi connectivity index (χ0) is 8.97. The Kier molecular flexibility index (Phi) is 7.32. The smallest absolute Gasteiger partial charge is 0.0979 e. The maximum atomic E-state index is 4.40. The van der Waals surface area contributed by atoms with Gasteiger partial charge in [-0.25, -0.2) is 0 Å². The molecule has 0 aromatic heterocycles. The van der Waals surface area contributed by atoms with E-state index >= 15 is 0 Å². The van der Waals surface area contributed by atoms with Crippen molar-refractivity contribution in [3.63, 3.8) is 0 Å². The first kappa shape index (κ1) is 13.6. The monoisotopic (exact) mass is 223 g/mol. The summed E-state index contributed by atoms with van der Waals surface area (Å²) in [5.41, 5.74) is 0. The minimum absolute atomic E-state index is 0. The first-order valence-electron chi connectivity index (χ1n) is 4.96. The SMILES string of the molecule is CC.O.SC1NC2CCCCC2S1. The van der Waals surface area contributed by atoms with Gasteiger partial charge in [0.25, 0.3) is 0 Å². The molecule has 0 radical (unpaired) electrons. The van der Waals surface area contributed by atoms with Crippen molar-refractivity contribution in [2.24, 2.45) is 0 Å². The number of fused-ring (bicyclic) bond motifs is 1. The summed E-state index contributed by atoms with van der Waals surface area (Å²) in [5, 5.41) is 4.35. The zero-order valence-electron chi connectivity index (χ0n) is 8.42. The van der Waals surface area contributed by atoms with E-state index in [0.29, 0.717) is 4.71 Å². The topological polar surface area (TPSA) is 43.5 Å². The van der Waals surface area contributed by atoms with Gasteiger partial charge in [0.05, 0.1) is 4.71 Å². The Morgan fingerprint density at radius 1 is 1.23 bits per heavy atom. The average Bonchev–Trinajstić information content (AvgIpc) is 2.48. The lowest BCUT2D eigenvalue weighted by molar-refractivity contribution is 0.415. The van der Waals surface area contributed by atoms with E-state index in [4.69, 9.17) is 0 Å². The third kappa shape index (κ3) is 3.70. The highest BCUT2D eigenvalue weighted by Gasteiger charge is 2.33. The lowest BCUT2D eigenvalue weighted by atomic mass is 9.95. The van der Waals surface area contributed by atoms with Crippen molar-refractivity contribution < 1.29 is 5.48 Å². The van der Waals surface area contributed by atoms with Gasteiger partial charge < -0.3 is 5.48 Å². The molecular formula is C9H21NOS2. The van der Waals surface area contributed by atoms with Gasteiger partial charge in [0, 0.05) is 11.3 Å². The fourth-order valence-corrected chi connectivity index (χ4v) is 3.79. The van der Waals surface area contributed by atoms with Crippen LogP contribution < -0.4 is 5.32 Å². The van der Waals surface area contributed by atoms with E-state index < -0.39 is 0 Å². The van der Waals surface area contributed by atoms with E-state index in [0.717, 1.165) is 11.3 Å². The highest BCUT2D eigenvalue weighted by Crippen LogP contribution is 2.37. The van der Waals surface area contributed by atoms with Gasteiger partial charge in [-0.05, 0) is 12.8 Å². The standard InChI is InChI=1S/C7H13NS2.C2H6.H2O/c9-7-8-5-3-1-2-4-6(5)10-7;1-2;/h5-9H,1-4H2;1-2H3;1H2. The lowest BCUT2D eigenvalue weighted by Gasteiger charge is -2.22. The summed E-state index contributed by atoms with van der Waals surface area (Å²) in [4.78, 5) is 0. The van der Waals surface area contributed by atoms with Crippen molar-refractivity contribution in [3.8, 4) is 0 Å². The molecule has 0 aromatic carbocycles. The second kappa shape index (κ2) is 6.98. The average molecular weight is 223 g/mol. The fourth-order valence-electron chi connectivity index (χ4n) is 1.84. The molecule has 2 rings (SSSR count). The highest BCUT2D eigenvalue weighted by molar-refractivity contribution is 8.11. The summed E-state index contributed by atoms with van der Waals surface area (Å²) >= 11 is 6.40. The molecule has 1 heterocycles. The Labute approximate surface area is 91.0 Å². The number of thiol groups is 1. The van der Waals surface area contributed by atoms with Crippen molar-refractivity contribution in [1.82, 2.24) is 5.32 Å². The Balaban J connectivity index is 0.000000451. The van der Waals surface area contributed by atoms with Crippen LogP contribution in [-0.4, -0.2) is 21.5 Å². The van der Waals surface area contributed by atoms with Crippen LogP contribution in [0.15, 0.2) is 0 Å². The lowest BCUT2D eigenvalue weighted by Crippen LogP contribution is -2.33. The molecule has 3 N–H and O–H groups in total. The number of thioether (sulfide) groups is 1. The van der Waals surface area contributed by atoms with Crippen molar-refractivity contribution in [1.29, 1.82) is 0 Å². The van der Waals surface area contributed by atoms with Gasteiger partial charge >= 0.3 is 0 Å². The van der Waals surface area contributed by atoms with Gasteiger partial charge in [0.2, 0.25) is 0 Å². The van der Waals surface area contributed by atoms with Crippen LogP contribution >= 0.6 is 24.4 Å². The molecule has 3 unspecified atom stereocenters. The van der Waals surface area contributed by atoms with E-state index in [1.54, 1.807) is 0 Å². The Morgan fingerprint density at radius 3 is 2.46 bits per heavy atom. The molecular weight excluding hydrogens is 202 g/mol. The molecule has 1 aliphatic heterocycles. The molecule has 2 aliphatic rings. The first-order chi connectivity index (χ1) is 5.86. The molecule has 4 heteroatoms. The summed E-state index contributed by atoms with van der Waals surface area (Å²) < 4.78 is 0.410. The highest BCUT2D eigenvalue weighted by atomic mass is 32.2. The van der Waals surface area contributed by atoms with Crippen LogP contribution in [0.5, 0.6) is 0 Å². The summed E-state index contributed by atoms with van der Waals surface area (Å²) in [6, 6.07) is 0.779. The van der Waals surface area contributed by atoms with Gasteiger partial charge in [0.15, 0.2) is 0 Å². The zero-order valence-corrected chi connectivity index (χ0v) is 10.1. The van der Waals surface area contributed by atoms with E-state index in [2.05, 4.69) is 17.9 Å². The summed E-state index contributed by atoms with van der Waals surface area (Å²) in [7, 11) is 0. The van der Waals surface area contributed by atoms with Gasteiger partial charge in [0.1, 0.15) is 0 Å². The summed E-state index contributed by atoms with van der Waals surface area (Å²) in [6.07, 6.45) is 5.61. The molecule has 1 saturated heterocycles. The molecule has 80 valence electrons. The van der Waals surface area contributed by atoms with Gasteiger partial charge in [-0.1, -0.05) is 26.7 Å². The predicted molar refractivity (Wildman–Crippen MR) is 64.5 cm³/mol. The molecule has 0 spiro atoms. The number of rotatable bonds is 0. The number of hydrogen-bond donors (Lipinski definition) is 2. The molecule has 2 nitrogen and oxygen atoms in total. The Hall–Kier alpha value is 0.620. The number of hydrogen-bond acceptors (Lipinski definition) is 3. The van der Waals surface area contributed by atoms with Crippen LogP contribution in [0.4, 0.5) is 0 Å². The van der Waals surface area contributed by atoms with Crippen LogP contribution in [0, 0.1) is 0 Å². The van der Waals surface area contributed by atoms with Crippen LogP contribution in [0.1, 0.15) is 39.5 Å². The molecule has 3 atom stereocenters. The normalized spacial score (nSPS) is 36.7. The minimum atomic E-state index is 0. The van der Waals surface area contributed by atoms with Gasteiger partial charge in [-0.3, -0.25) is 5.32 Å². The second-order valence-electron chi connectivity index (χ2n) is 3.08. The minimum Gasteiger partial charge on any atom is -0.412 e. The summed E-state index contributed by atoms with van der Waals surface area (Å²) in [6.45, 7) is 4.00. The van der Waals surface area contributed by atoms with Crippen LogP contribution in [0.25, 0.3) is 0 Å². The van der Waals surface area contributed by atoms with E-state index in [1.807, 2.05) is 25.6 Å². The first-order valence-corrected chi connectivity index (χ1v) is 6.42. The summed E-state index contributed by atoms with van der Waals surface area (Å²) in [5.74, 6) is 0. The van der Waals surface area contributed by atoms with E-state index in [1.165, 1.54) is 25.7 Å². The van der Waals surface area contributed by atoms with Crippen molar-refractivity contribution in [2.45, 2.75) is 55.5 Å². The van der Waals surface area contributed by atoms with Crippen molar-refractivity contribution in [2.75, 3.05) is 0 Å². The largest absolute Gasteiger partial charge is 0.412 e. The molecule has 0 aromatic rings. The molecule has 2 fully saturated rings. The van der Waals surface area contributed by atoms with Crippen LogP contribution in [0.2, 0.25) is 0 Å². The molecule has 0 amide bonds. The third-order valence-corrected chi connectivity index (χ3v) is 4.18. The molecule has 0 bridgehead atoms. The van der Waals surface area contributed by atoms with E-state index in [9.17, 15) is 0 Å². The Morgan fingerprint density at radius 2 is 1.85 bits per heavy atom. The quantitative estimate of drug-likeness (QED) is 0.617. The maximum absolute atomic E-state index is 4.40. The molecule has 13 heavy (non-hydrogen) atoms. The molecule has 1 saturated carbocycles. The Bertz CT molecular complexity index is 121. The number of nitrogens with one attached hydrogen (secondary N) is 1. The van der Waals surface area contributed by atoms with Crippen molar-refractivity contribution >= 4 is 24.4 Å².